The number of carboxylic acids is 2. The number of carboxylic acid groups (broad SMARTS) is 2. The molecule has 0 aliphatic heterocycles. The van der Waals surface area contributed by atoms with Crippen molar-refractivity contribution < 1.29 is 39.9 Å². The molecule has 4 nitrogen and oxygen atoms in total. The minimum absolute atomic E-state index is 0. The van der Waals surface area contributed by atoms with E-state index >= 15 is 0 Å². The van der Waals surface area contributed by atoms with Crippen LogP contribution in [0, 0.1) is 0 Å². The minimum atomic E-state index is -0.833. The maximum Gasteiger partial charge on any atom is 0.300 e. The first-order valence-electron chi connectivity index (χ1n) is 1.86. The summed E-state index contributed by atoms with van der Waals surface area (Å²) in [5, 5.41) is 14.8. The molecule has 0 rings (SSSR count). The third kappa shape index (κ3) is 1410. The Labute approximate surface area is 66.2 Å². The van der Waals surface area contributed by atoms with Gasteiger partial charge in [-0.15, -0.1) is 0 Å². The van der Waals surface area contributed by atoms with Gasteiger partial charge in [0.1, 0.15) is 0 Å². The van der Waals surface area contributed by atoms with Gasteiger partial charge in [0.25, 0.3) is 11.9 Å². The van der Waals surface area contributed by atoms with Crippen molar-refractivity contribution in [3.8, 4) is 0 Å². The fraction of sp³-hybridized carbons (Fsp3) is 0.500. The van der Waals surface area contributed by atoms with Crippen molar-refractivity contribution in [2.75, 3.05) is 0 Å². The van der Waals surface area contributed by atoms with Crippen LogP contribution in [0.5, 0.6) is 0 Å². The topological polar surface area (TPSA) is 74.6 Å². The molecule has 0 aromatic carbocycles. The third-order valence-corrected chi connectivity index (χ3v) is 0. The Kier molecular flexibility index (Phi) is 18.6. The molecule has 1 radical (unpaired) electrons. The van der Waals surface area contributed by atoms with E-state index in [-0.39, 0.29) is 20.1 Å². The second kappa shape index (κ2) is 10.5. The molecule has 0 bridgehead atoms. The van der Waals surface area contributed by atoms with Crippen LogP contribution in [-0.2, 0) is 29.7 Å². The minimum Gasteiger partial charge on any atom is -0.481 e. The van der Waals surface area contributed by atoms with E-state index in [1.807, 2.05) is 0 Å². The summed E-state index contributed by atoms with van der Waals surface area (Å²) in [6, 6.07) is 0. The van der Waals surface area contributed by atoms with E-state index in [1.165, 1.54) is 0 Å². The Morgan fingerprint density at radius 1 is 1.00 bits per heavy atom. The molecule has 0 spiro atoms. The van der Waals surface area contributed by atoms with Gasteiger partial charge in [0.15, 0.2) is 0 Å². The van der Waals surface area contributed by atoms with Gasteiger partial charge in [0, 0.05) is 34.0 Å². The quantitative estimate of drug-likeness (QED) is 0.669. The number of carbonyl (C=O) groups is 2. The van der Waals surface area contributed by atoms with E-state index in [1.54, 1.807) is 0 Å². The largest absolute Gasteiger partial charge is 0.481 e. The van der Waals surface area contributed by atoms with Gasteiger partial charge in [-0.3, -0.25) is 9.59 Å². The van der Waals surface area contributed by atoms with Crippen LogP contribution in [0.15, 0.2) is 0 Å². The van der Waals surface area contributed by atoms with Crippen molar-refractivity contribution in [1.29, 1.82) is 0 Å². The van der Waals surface area contributed by atoms with E-state index in [0.29, 0.717) is 0 Å². The molecule has 0 aliphatic rings. The Balaban J connectivity index is -0.0000000720. The summed E-state index contributed by atoms with van der Waals surface area (Å²) in [7, 11) is 0. The molecular formula is C4H8IrO4. The van der Waals surface area contributed by atoms with E-state index < -0.39 is 11.9 Å². The summed E-state index contributed by atoms with van der Waals surface area (Å²) < 4.78 is 0. The van der Waals surface area contributed by atoms with Gasteiger partial charge in [0.05, 0.1) is 0 Å². The zero-order valence-electron chi connectivity index (χ0n) is 5.04. The number of hydrogen-bond donors (Lipinski definition) is 2. The second-order valence-electron chi connectivity index (χ2n) is 1.04. The van der Waals surface area contributed by atoms with Gasteiger partial charge in [-0.05, 0) is 0 Å². The molecule has 9 heavy (non-hydrogen) atoms. The van der Waals surface area contributed by atoms with E-state index in [4.69, 9.17) is 19.8 Å². The van der Waals surface area contributed by atoms with E-state index in [2.05, 4.69) is 0 Å². The van der Waals surface area contributed by atoms with Gasteiger partial charge >= 0.3 is 0 Å². The van der Waals surface area contributed by atoms with Crippen LogP contribution < -0.4 is 0 Å². The molecule has 0 heterocycles. The Morgan fingerprint density at radius 3 is 1.00 bits per heavy atom. The van der Waals surface area contributed by atoms with E-state index in [9.17, 15) is 0 Å². The van der Waals surface area contributed by atoms with Crippen molar-refractivity contribution in [1.82, 2.24) is 0 Å². The summed E-state index contributed by atoms with van der Waals surface area (Å²) in [6.45, 7) is 2.17. The molecule has 2 N–H and O–H groups in total. The Morgan fingerprint density at radius 2 is 1.00 bits per heavy atom. The summed E-state index contributed by atoms with van der Waals surface area (Å²) in [6.07, 6.45) is 0. The predicted molar refractivity (Wildman–Crippen MR) is 26.6 cm³/mol. The normalized spacial score (nSPS) is 5.56. The van der Waals surface area contributed by atoms with E-state index in [0.717, 1.165) is 13.8 Å². The third-order valence-electron chi connectivity index (χ3n) is 0. The maximum atomic E-state index is 9.00. The predicted octanol–water partition coefficient (Wildman–Crippen LogP) is 0.179. The molecule has 0 atom stereocenters. The molecule has 0 unspecified atom stereocenters. The molecule has 57 valence electrons. The maximum absolute atomic E-state index is 9.00. The van der Waals surface area contributed by atoms with Gasteiger partial charge in [-0.1, -0.05) is 0 Å². The van der Waals surface area contributed by atoms with Gasteiger partial charge < -0.3 is 10.2 Å². The van der Waals surface area contributed by atoms with Crippen molar-refractivity contribution in [3.63, 3.8) is 0 Å². The summed E-state index contributed by atoms with van der Waals surface area (Å²) in [5.41, 5.74) is 0. The number of aliphatic carboxylic acids is 2. The molecule has 0 aromatic rings. The van der Waals surface area contributed by atoms with Crippen molar-refractivity contribution in [2.24, 2.45) is 0 Å². The first kappa shape index (κ1) is 15.8. The first-order chi connectivity index (χ1) is 3.46. The molecule has 0 saturated carbocycles. The van der Waals surface area contributed by atoms with Gasteiger partial charge in [-0.25, -0.2) is 0 Å². The average Bonchev–Trinajstić information content (AvgIpc) is 1.25. The summed E-state index contributed by atoms with van der Waals surface area (Å²) in [5.74, 6) is -1.67. The number of rotatable bonds is 0. The van der Waals surface area contributed by atoms with Crippen LogP contribution >= 0.6 is 0 Å². The van der Waals surface area contributed by atoms with Crippen LogP contribution in [0.1, 0.15) is 13.8 Å². The second-order valence-corrected chi connectivity index (χ2v) is 1.04. The van der Waals surface area contributed by atoms with Crippen molar-refractivity contribution >= 4 is 11.9 Å². The molecule has 0 aliphatic carbocycles. The number of hydrogen-bond acceptors (Lipinski definition) is 2. The summed E-state index contributed by atoms with van der Waals surface area (Å²) >= 11 is 0. The van der Waals surface area contributed by atoms with Gasteiger partial charge in [-0.2, -0.15) is 0 Å². The van der Waals surface area contributed by atoms with Crippen LogP contribution in [-0.4, -0.2) is 22.2 Å². The monoisotopic (exact) mass is 313 g/mol. The van der Waals surface area contributed by atoms with Crippen LogP contribution in [0.4, 0.5) is 0 Å². The fourth-order valence-corrected chi connectivity index (χ4v) is 0. The smallest absolute Gasteiger partial charge is 0.300 e. The standard InChI is InChI=1S/2C2H4O2.Ir/c2*1-2(3)4;/h2*1H3,(H,3,4);. The molecule has 0 aromatic heterocycles. The van der Waals surface area contributed by atoms with Crippen LogP contribution in [0.3, 0.4) is 0 Å². The van der Waals surface area contributed by atoms with Crippen LogP contribution in [0.2, 0.25) is 0 Å². The molecular weight excluding hydrogens is 304 g/mol. The van der Waals surface area contributed by atoms with Gasteiger partial charge in [0.2, 0.25) is 0 Å². The fourth-order valence-electron chi connectivity index (χ4n) is 0. The molecule has 0 amide bonds. The molecule has 0 saturated heterocycles. The Hall–Kier alpha value is -0.411. The van der Waals surface area contributed by atoms with Crippen molar-refractivity contribution in [2.45, 2.75) is 13.8 Å². The van der Waals surface area contributed by atoms with Crippen LogP contribution in [0.25, 0.3) is 0 Å². The first-order valence-corrected chi connectivity index (χ1v) is 1.86. The zero-order valence-corrected chi connectivity index (χ0v) is 7.44. The SMILES string of the molecule is CC(=O)O.CC(=O)O.[Ir]. The molecule has 0 fully saturated rings. The Bertz CT molecular complexity index is 70.6. The van der Waals surface area contributed by atoms with Crippen molar-refractivity contribution in [3.05, 3.63) is 0 Å². The zero-order chi connectivity index (χ0) is 7.15. The molecule has 5 heteroatoms. The summed E-state index contributed by atoms with van der Waals surface area (Å²) in [4.78, 5) is 18.0. The average molecular weight is 312 g/mol.